The molecule has 0 aliphatic heterocycles. The van der Waals surface area contributed by atoms with E-state index < -0.39 is 24.1 Å². The number of hydrogen-bond acceptors (Lipinski definition) is 7. The van der Waals surface area contributed by atoms with E-state index in [1.54, 1.807) is 27.2 Å². The van der Waals surface area contributed by atoms with Crippen molar-refractivity contribution >= 4 is 17.9 Å². The van der Waals surface area contributed by atoms with E-state index in [4.69, 9.17) is 14.2 Å². The number of likely N-dealkylation sites (N-methyl/N-ethyl adjacent to an activating group) is 1. The first kappa shape index (κ1) is 52.2. The Morgan fingerprint density at radius 2 is 1.00 bits per heavy atom. The van der Waals surface area contributed by atoms with E-state index in [1.165, 1.54) is 19.3 Å². The predicted octanol–water partition coefficient (Wildman–Crippen LogP) is 10.2. The molecule has 0 aromatic carbocycles. The molecular formula is C48H77NO7. The minimum Gasteiger partial charge on any atom is -0.544 e. The molecule has 0 N–H and O–H groups in total. The van der Waals surface area contributed by atoms with Gasteiger partial charge >= 0.3 is 11.9 Å². The van der Waals surface area contributed by atoms with Crippen molar-refractivity contribution in [2.24, 2.45) is 0 Å². The van der Waals surface area contributed by atoms with Gasteiger partial charge in [-0.1, -0.05) is 143 Å². The molecule has 2 atom stereocenters. The third kappa shape index (κ3) is 35.9. The summed E-state index contributed by atoms with van der Waals surface area (Å²) in [5, 5.41) is 11.6. The van der Waals surface area contributed by atoms with Crippen molar-refractivity contribution in [3.63, 3.8) is 0 Å². The molecular weight excluding hydrogens is 703 g/mol. The normalized spacial score (nSPS) is 13.9. The summed E-state index contributed by atoms with van der Waals surface area (Å²) in [7, 11) is 5.35. The topological polar surface area (TPSA) is 102 Å². The zero-order chi connectivity index (χ0) is 41.4. The standard InChI is InChI=1S/C48H77NO7/c1-6-8-10-12-14-16-17-18-19-20-21-22-23-24-25-26-27-28-29-31-32-34-36-38-46(50)55-43-44(42-54-41-40-45(48(52)53)49(3,4)5)56-47(51)39-37-35-33-30-15-13-11-9-7-2/h8-11,14-16,18-19,21-22,24-25,30,35,37,44-45H,6-7,12-13,17,20,23,26-29,31-34,36,38-43H2,1-5H3/b10-8+,11-9+,16-14+,19-18+,22-21+,25-24+,30-15+,37-35+. The predicted molar refractivity (Wildman–Crippen MR) is 231 cm³/mol. The first-order chi connectivity index (χ1) is 27.1. The van der Waals surface area contributed by atoms with Crippen LogP contribution in [-0.4, -0.2) is 75.5 Å². The molecule has 0 fully saturated rings. The molecule has 8 heteroatoms. The summed E-state index contributed by atoms with van der Waals surface area (Å²) in [6.45, 7) is 4.27. The number of carboxylic acids is 1. The Morgan fingerprint density at radius 1 is 0.554 bits per heavy atom. The van der Waals surface area contributed by atoms with Gasteiger partial charge in [0.05, 0.1) is 46.7 Å². The second kappa shape index (κ2) is 38.1. The van der Waals surface area contributed by atoms with Gasteiger partial charge in [-0.3, -0.25) is 9.59 Å². The molecule has 0 saturated carbocycles. The van der Waals surface area contributed by atoms with Gasteiger partial charge in [0.1, 0.15) is 12.6 Å². The molecule has 0 aromatic rings. The number of nitrogens with zero attached hydrogens (tertiary/aromatic N) is 1. The Bertz CT molecular complexity index is 1230. The molecule has 0 saturated heterocycles. The largest absolute Gasteiger partial charge is 0.544 e. The molecule has 0 rings (SSSR count). The van der Waals surface area contributed by atoms with Gasteiger partial charge in [-0.05, 0) is 70.6 Å². The van der Waals surface area contributed by atoms with Crippen LogP contribution in [0.25, 0.3) is 0 Å². The lowest BCUT2D eigenvalue weighted by Crippen LogP contribution is -2.55. The molecule has 2 unspecified atom stereocenters. The van der Waals surface area contributed by atoms with Crippen LogP contribution >= 0.6 is 0 Å². The maximum absolute atomic E-state index is 12.6. The SMILES string of the molecule is CC/C=C/C/C=C/C/C=C/C/C=C/C/C=C/CCCCCCCCCC(=O)OCC(COCCC(C(=O)[O-])[N+](C)(C)C)OC(=O)C/C=C/C/C=C/C/C=C/CC. The van der Waals surface area contributed by atoms with Gasteiger partial charge in [-0.15, -0.1) is 0 Å². The van der Waals surface area contributed by atoms with E-state index >= 15 is 0 Å². The molecule has 316 valence electrons. The molecule has 0 radical (unpaired) electrons. The van der Waals surface area contributed by atoms with Crippen LogP contribution in [0.2, 0.25) is 0 Å². The van der Waals surface area contributed by atoms with Gasteiger partial charge in [0.2, 0.25) is 0 Å². The quantitative estimate of drug-likeness (QED) is 0.0270. The zero-order valence-corrected chi connectivity index (χ0v) is 35.8. The van der Waals surface area contributed by atoms with Crippen LogP contribution in [0.4, 0.5) is 0 Å². The number of rotatable bonds is 36. The van der Waals surface area contributed by atoms with E-state index in [1.807, 2.05) is 12.2 Å². The molecule has 0 aromatic heterocycles. The second-order valence-electron chi connectivity index (χ2n) is 14.8. The molecule has 0 heterocycles. The van der Waals surface area contributed by atoms with Crippen LogP contribution in [0.3, 0.4) is 0 Å². The number of carbonyl (C=O) groups is 3. The fraction of sp³-hybridized carbons (Fsp3) is 0.604. The number of ether oxygens (including phenoxy) is 3. The number of allylic oxidation sites excluding steroid dienone is 15. The van der Waals surface area contributed by atoms with E-state index in [0.717, 1.165) is 83.5 Å². The average Bonchev–Trinajstić information content (AvgIpc) is 3.15. The summed E-state index contributed by atoms with van der Waals surface area (Å²) in [5.74, 6) is -1.92. The number of carbonyl (C=O) groups excluding carboxylic acids is 3. The summed E-state index contributed by atoms with van der Waals surface area (Å²) >= 11 is 0. The molecule has 56 heavy (non-hydrogen) atoms. The van der Waals surface area contributed by atoms with E-state index in [2.05, 4.69) is 92.8 Å². The number of quaternary nitrogens is 1. The lowest BCUT2D eigenvalue weighted by atomic mass is 10.1. The molecule has 0 bridgehead atoms. The second-order valence-corrected chi connectivity index (χ2v) is 14.8. The smallest absolute Gasteiger partial charge is 0.310 e. The number of esters is 2. The van der Waals surface area contributed by atoms with E-state index in [-0.39, 0.29) is 43.1 Å². The molecule has 0 aliphatic rings. The monoisotopic (exact) mass is 780 g/mol. The molecule has 0 aliphatic carbocycles. The fourth-order valence-corrected chi connectivity index (χ4v) is 5.51. The van der Waals surface area contributed by atoms with Gasteiger partial charge in [0.15, 0.2) is 6.10 Å². The highest BCUT2D eigenvalue weighted by Gasteiger charge is 2.25. The summed E-state index contributed by atoms with van der Waals surface area (Å²) < 4.78 is 17.0. The highest BCUT2D eigenvalue weighted by Crippen LogP contribution is 2.12. The van der Waals surface area contributed by atoms with Gasteiger partial charge in [-0.2, -0.15) is 0 Å². The zero-order valence-electron chi connectivity index (χ0n) is 35.8. The first-order valence-corrected chi connectivity index (χ1v) is 21.3. The Hall–Kier alpha value is -3.75. The van der Waals surface area contributed by atoms with Crippen molar-refractivity contribution in [3.8, 4) is 0 Å². The van der Waals surface area contributed by atoms with Crippen molar-refractivity contribution in [1.82, 2.24) is 0 Å². The van der Waals surface area contributed by atoms with Crippen LogP contribution in [-0.2, 0) is 28.6 Å². The van der Waals surface area contributed by atoms with Gasteiger partial charge in [0.25, 0.3) is 0 Å². The highest BCUT2D eigenvalue weighted by molar-refractivity contribution is 5.71. The van der Waals surface area contributed by atoms with Crippen molar-refractivity contribution in [1.29, 1.82) is 0 Å². The lowest BCUT2D eigenvalue weighted by molar-refractivity contribution is -0.889. The maximum atomic E-state index is 12.6. The minimum absolute atomic E-state index is 0.00522. The minimum atomic E-state index is -1.14. The maximum Gasteiger partial charge on any atom is 0.310 e. The fourth-order valence-electron chi connectivity index (χ4n) is 5.51. The van der Waals surface area contributed by atoms with Gasteiger partial charge < -0.3 is 28.6 Å². The molecule has 0 spiro atoms. The Morgan fingerprint density at radius 3 is 1.48 bits per heavy atom. The third-order valence-electron chi connectivity index (χ3n) is 8.75. The number of aliphatic carboxylic acids is 1. The number of carboxylic acid groups (broad SMARTS) is 1. The van der Waals surface area contributed by atoms with Crippen LogP contribution < -0.4 is 5.11 Å². The van der Waals surface area contributed by atoms with Crippen LogP contribution in [0.15, 0.2) is 97.2 Å². The van der Waals surface area contributed by atoms with E-state index in [0.29, 0.717) is 6.42 Å². The lowest BCUT2D eigenvalue weighted by Gasteiger charge is -2.34. The van der Waals surface area contributed by atoms with Crippen molar-refractivity contribution < 1.29 is 38.2 Å². The third-order valence-corrected chi connectivity index (χ3v) is 8.75. The van der Waals surface area contributed by atoms with Crippen LogP contribution in [0.1, 0.15) is 136 Å². The Labute approximate surface area is 341 Å². The Kier molecular flexibility index (Phi) is 35.6. The average molecular weight is 780 g/mol. The first-order valence-electron chi connectivity index (χ1n) is 21.3. The van der Waals surface area contributed by atoms with Gasteiger partial charge in [-0.25, -0.2) is 0 Å². The summed E-state index contributed by atoms with van der Waals surface area (Å²) in [6, 6.07) is -0.745. The Balaban J connectivity index is 4.31. The van der Waals surface area contributed by atoms with Crippen molar-refractivity contribution in [2.45, 2.75) is 148 Å². The molecule has 0 amide bonds. The highest BCUT2D eigenvalue weighted by atomic mass is 16.6. The summed E-state index contributed by atoms with van der Waals surface area (Å²) in [5.41, 5.74) is 0. The van der Waals surface area contributed by atoms with E-state index in [9.17, 15) is 19.5 Å². The summed E-state index contributed by atoms with van der Waals surface area (Å²) in [6.07, 6.45) is 50.5. The summed E-state index contributed by atoms with van der Waals surface area (Å²) in [4.78, 5) is 36.6. The van der Waals surface area contributed by atoms with Crippen LogP contribution in [0, 0.1) is 0 Å². The van der Waals surface area contributed by atoms with Crippen LogP contribution in [0.5, 0.6) is 0 Å². The number of unbranched alkanes of at least 4 members (excludes halogenated alkanes) is 7. The van der Waals surface area contributed by atoms with Crippen molar-refractivity contribution in [2.75, 3.05) is 41.0 Å². The van der Waals surface area contributed by atoms with Crippen molar-refractivity contribution in [3.05, 3.63) is 97.2 Å². The number of hydrogen-bond donors (Lipinski definition) is 0. The van der Waals surface area contributed by atoms with Gasteiger partial charge in [0, 0.05) is 12.8 Å². The molecule has 8 nitrogen and oxygen atoms in total.